The van der Waals surface area contributed by atoms with Crippen LogP contribution in [0.4, 0.5) is 0 Å². The van der Waals surface area contributed by atoms with Crippen LogP contribution >= 0.6 is 7.82 Å². The summed E-state index contributed by atoms with van der Waals surface area (Å²) in [7, 11) is 1.24. The molecule has 0 aromatic heterocycles. The number of nitrogens with one attached hydrogen (secondary N) is 1. The van der Waals surface area contributed by atoms with E-state index in [1.165, 1.54) is 154 Å². The average Bonchev–Trinajstić information content (AvgIpc) is 3.16. The first-order valence-corrected chi connectivity index (χ1v) is 25.3. The molecule has 0 heterocycles. The molecule has 0 saturated carbocycles. The predicted octanol–water partition coefficient (Wildman–Crippen LogP) is 12.8. The lowest BCUT2D eigenvalue weighted by Crippen LogP contribution is -2.45. The van der Waals surface area contributed by atoms with Crippen LogP contribution in [0.3, 0.4) is 0 Å². The van der Waals surface area contributed by atoms with Gasteiger partial charge in [0.05, 0.1) is 39.9 Å². The van der Waals surface area contributed by atoms with Crippen molar-refractivity contribution >= 4 is 13.7 Å². The van der Waals surface area contributed by atoms with E-state index in [-0.39, 0.29) is 12.5 Å². The highest BCUT2D eigenvalue weighted by atomic mass is 31.2. The number of carbonyl (C=O) groups is 1. The summed E-state index contributed by atoms with van der Waals surface area (Å²) in [4.78, 5) is 25.3. The predicted molar refractivity (Wildman–Crippen MR) is 242 cm³/mol. The van der Waals surface area contributed by atoms with Gasteiger partial charge in [-0.1, -0.05) is 185 Å². The minimum Gasteiger partial charge on any atom is -0.756 e. The second-order valence-electron chi connectivity index (χ2n) is 17.5. The first-order chi connectivity index (χ1) is 27.5. The van der Waals surface area contributed by atoms with Crippen LogP contribution in [0.15, 0.2) is 36.5 Å². The third-order valence-corrected chi connectivity index (χ3v) is 11.5. The SMILES string of the molecule is CCCCCCCC/C=C\CCCCCCCCCC(=O)NC(COP(=O)([O-])OCC[N+](C)(C)C)C(O)/C=C/CC/C=C/CCCCCCCCCCCCCC. The van der Waals surface area contributed by atoms with Gasteiger partial charge in [0.25, 0.3) is 7.82 Å². The number of unbranched alkanes of at least 4 members (excludes halogenated alkanes) is 26. The summed E-state index contributed by atoms with van der Waals surface area (Å²) < 4.78 is 23.2. The number of amides is 1. The smallest absolute Gasteiger partial charge is 0.268 e. The van der Waals surface area contributed by atoms with Crippen LogP contribution in [0.25, 0.3) is 0 Å². The standard InChI is InChI=1S/C48H93N2O6P/c1-6-8-10-12-14-16-18-20-22-24-26-27-29-31-33-35-37-39-41-47(51)46(45-56-57(53,54)55-44-43-50(3,4)5)49-48(52)42-40-38-36-34-32-30-28-25-23-21-19-17-15-13-11-9-7-2/h21,23,31,33,39,41,46-47,51H,6-20,22,24-30,32,34-38,40,42-45H2,1-5H3,(H-,49,52,53,54)/b23-21-,33-31+,41-39+. The van der Waals surface area contributed by atoms with Crippen molar-refractivity contribution in [3.05, 3.63) is 36.5 Å². The van der Waals surface area contributed by atoms with Gasteiger partial charge in [0.15, 0.2) is 0 Å². The van der Waals surface area contributed by atoms with Crippen molar-refractivity contribution in [3.8, 4) is 0 Å². The maximum absolute atomic E-state index is 12.9. The van der Waals surface area contributed by atoms with Crippen molar-refractivity contribution in [3.63, 3.8) is 0 Å². The minimum absolute atomic E-state index is 0.00700. The molecule has 0 radical (unpaired) electrons. The molecule has 0 saturated heterocycles. The quantitative estimate of drug-likeness (QED) is 0.0274. The number of likely N-dealkylation sites (N-methyl/N-ethyl adjacent to an activating group) is 1. The number of hydrogen-bond acceptors (Lipinski definition) is 6. The molecule has 1 amide bonds. The Balaban J connectivity index is 4.43. The largest absolute Gasteiger partial charge is 0.756 e. The van der Waals surface area contributed by atoms with Gasteiger partial charge in [-0.15, -0.1) is 0 Å². The summed E-state index contributed by atoms with van der Waals surface area (Å²) >= 11 is 0. The monoisotopic (exact) mass is 825 g/mol. The number of nitrogens with zero attached hydrogens (tertiary/aromatic N) is 1. The second kappa shape index (κ2) is 40.1. The molecule has 0 aromatic rings. The van der Waals surface area contributed by atoms with Gasteiger partial charge in [-0.2, -0.15) is 0 Å². The van der Waals surface area contributed by atoms with Crippen LogP contribution in [0.5, 0.6) is 0 Å². The van der Waals surface area contributed by atoms with E-state index in [0.717, 1.165) is 38.5 Å². The number of phosphoric acid groups is 1. The van der Waals surface area contributed by atoms with E-state index in [2.05, 4.69) is 43.5 Å². The van der Waals surface area contributed by atoms with Gasteiger partial charge in [0.2, 0.25) is 5.91 Å². The van der Waals surface area contributed by atoms with Gasteiger partial charge in [-0.3, -0.25) is 9.36 Å². The summed E-state index contributed by atoms with van der Waals surface area (Å²) in [5.41, 5.74) is 0. The number of phosphoric ester groups is 1. The summed E-state index contributed by atoms with van der Waals surface area (Å²) in [5.74, 6) is -0.212. The highest BCUT2D eigenvalue weighted by molar-refractivity contribution is 7.45. The molecular weight excluding hydrogens is 732 g/mol. The number of rotatable bonds is 43. The normalized spacial score (nSPS) is 14.6. The molecular formula is C48H93N2O6P. The van der Waals surface area contributed by atoms with Crippen LogP contribution in [0, 0.1) is 0 Å². The van der Waals surface area contributed by atoms with Crippen LogP contribution in [-0.2, 0) is 18.4 Å². The molecule has 0 fully saturated rings. The zero-order chi connectivity index (χ0) is 42.1. The van der Waals surface area contributed by atoms with E-state index in [9.17, 15) is 19.4 Å². The van der Waals surface area contributed by atoms with Crippen molar-refractivity contribution in [1.29, 1.82) is 0 Å². The molecule has 0 spiro atoms. The molecule has 0 rings (SSSR count). The molecule has 3 unspecified atom stereocenters. The minimum atomic E-state index is -4.60. The van der Waals surface area contributed by atoms with Gasteiger partial charge in [0.1, 0.15) is 13.2 Å². The molecule has 8 nitrogen and oxygen atoms in total. The first kappa shape index (κ1) is 55.7. The summed E-state index contributed by atoms with van der Waals surface area (Å²) in [6, 6.07) is -0.904. The van der Waals surface area contributed by atoms with Crippen molar-refractivity contribution < 1.29 is 32.9 Å². The fraction of sp³-hybridized carbons (Fsp3) is 0.854. The Kier molecular flexibility index (Phi) is 39.2. The molecule has 0 bridgehead atoms. The number of aliphatic hydroxyl groups excluding tert-OH is 1. The fourth-order valence-corrected chi connectivity index (χ4v) is 7.47. The molecule has 2 N–H and O–H groups in total. The summed E-state index contributed by atoms with van der Waals surface area (Å²) in [6.07, 6.45) is 49.1. The molecule has 0 aliphatic heterocycles. The van der Waals surface area contributed by atoms with Crippen molar-refractivity contribution in [2.45, 2.75) is 225 Å². The number of hydrogen-bond donors (Lipinski definition) is 2. The van der Waals surface area contributed by atoms with Crippen molar-refractivity contribution in [2.75, 3.05) is 40.9 Å². The Morgan fingerprint density at radius 3 is 1.42 bits per heavy atom. The third kappa shape index (κ3) is 42.6. The summed E-state index contributed by atoms with van der Waals surface area (Å²) in [5, 5.41) is 13.8. The second-order valence-corrected chi connectivity index (χ2v) is 18.9. The molecule has 0 aromatic carbocycles. The van der Waals surface area contributed by atoms with Crippen LogP contribution in [-0.4, -0.2) is 68.5 Å². The van der Waals surface area contributed by atoms with Gasteiger partial charge in [-0.25, -0.2) is 0 Å². The molecule has 9 heteroatoms. The maximum Gasteiger partial charge on any atom is 0.268 e. The van der Waals surface area contributed by atoms with E-state index in [4.69, 9.17) is 9.05 Å². The van der Waals surface area contributed by atoms with Crippen LogP contribution < -0.4 is 10.2 Å². The van der Waals surface area contributed by atoms with Crippen LogP contribution in [0.2, 0.25) is 0 Å². The van der Waals surface area contributed by atoms with E-state index >= 15 is 0 Å². The van der Waals surface area contributed by atoms with E-state index in [1.54, 1.807) is 6.08 Å². The van der Waals surface area contributed by atoms with E-state index in [1.807, 2.05) is 27.2 Å². The topological polar surface area (TPSA) is 108 Å². The Morgan fingerprint density at radius 1 is 0.596 bits per heavy atom. The highest BCUT2D eigenvalue weighted by Crippen LogP contribution is 2.38. The lowest BCUT2D eigenvalue weighted by Gasteiger charge is -2.29. The average molecular weight is 825 g/mol. The van der Waals surface area contributed by atoms with E-state index in [0.29, 0.717) is 17.4 Å². The Bertz CT molecular complexity index is 1030. The lowest BCUT2D eigenvalue weighted by molar-refractivity contribution is -0.870. The third-order valence-electron chi connectivity index (χ3n) is 10.6. The molecule has 57 heavy (non-hydrogen) atoms. The number of aliphatic hydroxyl groups is 1. The van der Waals surface area contributed by atoms with Gasteiger partial charge in [0, 0.05) is 6.42 Å². The number of allylic oxidation sites excluding steroid dienone is 5. The molecule has 0 aliphatic carbocycles. The molecule has 336 valence electrons. The zero-order valence-electron chi connectivity index (χ0n) is 38.0. The van der Waals surface area contributed by atoms with Gasteiger partial charge in [-0.05, 0) is 57.8 Å². The zero-order valence-corrected chi connectivity index (χ0v) is 38.9. The first-order valence-electron chi connectivity index (χ1n) is 23.9. The number of quaternary nitrogens is 1. The van der Waals surface area contributed by atoms with Gasteiger partial charge >= 0.3 is 0 Å². The fourth-order valence-electron chi connectivity index (χ4n) is 6.75. The van der Waals surface area contributed by atoms with Crippen molar-refractivity contribution in [1.82, 2.24) is 5.32 Å². The van der Waals surface area contributed by atoms with Crippen molar-refractivity contribution in [2.24, 2.45) is 0 Å². The lowest BCUT2D eigenvalue weighted by atomic mass is 10.0. The Labute approximate surface area is 353 Å². The molecule has 3 atom stereocenters. The highest BCUT2D eigenvalue weighted by Gasteiger charge is 2.23. The Hall–Kier alpha value is -1.28. The van der Waals surface area contributed by atoms with Gasteiger partial charge < -0.3 is 28.8 Å². The Morgan fingerprint density at radius 2 is 0.982 bits per heavy atom. The maximum atomic E-state index is 12.9. The number of carbonyl (C=O) groups excluding carboxylic acids is 1. The van der Waals surface area contributed by atoms with E-state index < -0.39 is 26.6 Å². The summed E-state index contributed by atoms with van der Waals surface area (Å²) in [6.45, 7) is 4.62. The van der Waals surface area contributed by atoms with Crippen LogP contribution in [0.1, 0.15) is 213 Å². The molecule has 0 aliphatic rings.